The highest BCUT2D eigenvalue weighted by molar-refractivity contribution is 7.89. The molecule has 2 aromatic rings. The van der Waals surface area contributed by atoms with Crippen LogP contribution in [0.25, 0.3) is 0 Å². The monoisotopic (exact) mass is 420 g/mol. The number of hydrogen-bond donors (Lipinski definition) is 1. The van der Waals surface area contributed by atoms with E-state index in [9.17, 15) is 13.2 Å². The summed E-state index contributed by atoms with van der Waals surface area (Å²) in [6.45, 7) is 1.97. The van der Waals surface area contributed by atoms with E-state index in [1.807, 2.05) is 18.2 Å². The van der Waals surface area contributed by atoms with Crippen LogP contribution in [-0.4, -0.2) is 71.2 Å². The molecule has 0 spiro atoms. The summed E-state index contributed by atoms with van der Waals surface area (Å²) in [6, 6.07) is 10.1. The molecule has 1 N–H and O–H groups in total. The lowest BCUT2D eigenvalue weighted by atomic mass is 10.3. The molecule has 156 valence electrons. The number of benzene rings is 1. The Hall–Kier alpha value is -2.85. The van der Waals surface area contributed by atoms with E-state index in [-0.39, 0.29) is 23.1 Å². The van der Waals surface area contributed by atoms with Crippen molar-refractivity contribution in [2.75, 3.05) is 51.8 Å². The lowest BCUT2D eigenvalue weighted by Crippen LogP contribution is -2.51. The Kier molecular flexibility index (Phi) is 6.55. The molecule has 1 aliphatic heterocycles. The van der Waals surface area contributed by atoms with Crippen molar-refractivity contribution in [3.05, 3.63) is 42.6 Å². The van der Waals surface area contributed by atoms with Gasteiger partial charge in [-0.3, -0.25) is 4.79 Å². The first kappa shape index (κ1) is 20.9. The average molecular weight is 420 g/mol. The van der Waals surface area contributed by atoms with Crippen LogP contribution in [0.4, 0.5) is 5.82 Å². The number of carbonyl (C=O) groups excluding carboxylic acids is 1. The normalized spacial score (nSPS) is 14.6. The van der Waals surface area contributed by atoms with Gasteiger partial charge in [0.15, 0.2) is 0 Å². The van der Waals surface area contributed by atoms with Crippen molar-refractivity contribution in [3.63, 3.8) is 0 Å². The molecule has 0 unspecified atom stereocenters. The molecule has 0 saturated carbocycles. The average Bonchev–Trinajstić information content (AvgIpc) is 2.77. The first-order chi connectivity index (χ1) is 13.9. The maximum absolute atomic E-state index is 12.6. The number of amides is 1. The lowest BCUT2D eigenvalue weighted by molar-refractivity contribution is -0.130. The van der Waals surface area contributed by atoms with E-state index in [1.165, 1.54) is 32.4 Å². The molecule has 1 fully saturated rings. The Bertz CT molecular complexity index is 944. The zero-order chi connectivity index (χ0) is 20.9. The smallest absolute Gasteiger partial charge is 0.244 e. The second kappa shape index (κ2) is 9.10. The van der Waals surface area contributed by atoms with Crippen molar-refractivity contribution in [1.29, 1.82) is 0 Å². The summed E-state index contributed by atoms with van der Waals surface area (Å²) in [6.07, 6.45) is 1.73. The van der Waals surface area contributed by atoms with Gasteiger partial charge < -0.3 is 19.3 Å². The Labute approximate surface area is 170 Å². The molecular weight excluding hydrogens is 396 g/mol. The van der Waals surface area contributed by atoms with Crippen molar-refractivity contribution < 1.29 is 22.7 Å². The third kappa shape index (κ3) is 4.96. The Morgan fingerprint density at radius 1 is 1.10 bits per heavy atom. The number of rotatable bonds is 7. The van der Waals surface area contributed by atoms with Gasteiger partial charge in [-0.15, -0.1) is 0 Å². The van der Waals surface area contributed by atoms with E-state index in [4.69, 9.17) is 9.47 Å². The summed E-state index contributed by atoms with van der Waals surface area (Å²) in [5, 5.41) is 0. The highest BCUT2D eigenvalue weighted by Crippen LogP contribution is 2.28. The van der Waals surface area contributed by atoms with Crippen molar-refractivity contribution in [2.24, 2.45) is 0 Å². The van der Waals surface area contributed by atoms with Gasteiger partial charge in [0.05, 0.1) is 20.8 Å². The quantitative estimate of drug-likeness (QED) is 0.705. The number of methoxy groups -OCH3 is 2. The van der Waals surface area contributed by atoms with E-state index in [2.05, 4.69) is 14.6 Å². The zero-order valence-electron chi connectivity index (χ0n) is 16.4. The molecule has 9 nitrogen and oxygen atoms in total. The number of aromatic nitrogens is 1. The number of ether oxygens (including phenoxy) is 2. The van der Waals surface area contributed by atoms with Gasteiger partial charge in [0.25, 0.3) is 0 Å². The number of nitrogens with one attached hydrogen (secondary N) is 1. The van der Waals surface area contributed by atoms with Gasteiger partial charge in [-0.2, -0.15) is 0 Å². The first-order valence-corrected chi connectivity index (χ1v) is 10.6. The van der Waals surface area contributed by atoms with E-state index >= 15 is 0 Å². The molecule has 1 saturated heterocycles. The second-order valence-electron chi connectivity index (χ2n) is 6.40. The van der Waals surface area contributed by atoms with Crippen molar-refractivity contribution in [2.45, 2.75) is 4.90 Å². The van der Waals surface area contributed by atoms with Gasteiger partial charge in [-0.25, -0.2) is 18.1 Å². The third-order valence-corrected chi connectivity index (χ3v) is 6.12. The van der Waals surface area contributed by atoms with Crippen LogP contribution in [0.2, 0.25) is 0 Å². The minimum Gasteiger partial charge on any atom is -0.497 e. The fourth-order valence-electron chi connectivity index (χ4n) is 3.07. The van der Waals surface area contributed by atoms with Crippen LogP contribution in [0, 0.1) is 0 Å². The summed E-state index contributed by atoms with van der Waals surface area (Å²) >= 11 is 0. The van der Waals surface area contributed by atoms with Gasteiger partial charge in [-0.1, -0.05) is 6.07 Å². The zero-order valence-corrected chi connectivity index (χ0v) is 17.2. The molecule has 0 radical (unpaired) electrons. The van der Waals surface area contributed by atoms with Crippen LogP contribution in [-0.2, 0) is 14.8 Å². The second-order valence-corrected chi connectivity index (χ2v) is 8.13. The van der Waals surface area contributed by atoms with Crippen LogP contribution >= 0.6 is 0 Å². The molecule has 1 aliphatic rings. The lowest BCUT2D eigenvalue weighted by Gasteiger charge is -2.35. The van der Waals surface area contributed by atoms with Crippen molar-refractivity contribution >= 4 is 21.7 Å². The Balaban J connectivity index is 1.58. The summed E-state index contributed by atoms with van der Waals surface area (Å²) in [7, 11) is -1.06. The molecule has 0 aliphatic carbocycles. The first-order valence-electron chi connectivity index (χ1n) is 9.10. The number of sulfonamides is 1. The Morgan fingerprint density at radius 2 is 1.86 bits per heavy atom. The summed E-state index contributed by atoms with van der Waals surface area (Å²) in [5.74, 6) is 1.21. The molecule has 3 rings (SSSR count). The molecule has 0 bridgehead atoms. The summed E-state index contributed by atoms with van der Waals surface area (Å²) < 4.78 is 37.8. The fourth-order valence-corrected chi connectivity index (χ4v) is 4.19. The molecule has 2 heterocycles. The summed E-state index contributed by atoms with van der Waals surface area (Å²) in [5.41, 5.74) is 0. The highest BCUT2D eigenvalue weighted by atomic mass is 32.2. The van der Waals surface area contributed by atoms with E-state index < -0.39 is 10.0 Å². The number of pyridine rings is 1. The van der Waals surface area contributed by atoms with Crippen molar-refractivity contribution in [1.82, 2.24) is 14.6 Å². The van der Waals surface area contributed by atoms with Gasteiger partial charge in [0.1, 0.15) is 22.2 Å². The molecule has 1 aromatic heterocycles. The van der Waals surface area contributed by atoms with Gasteiger partial charge >= 0.3 is 0 Å². The predicted molar refractivity (Wildman–Crippen MR) is 108 cm³/mol. The van der Waals surface area contributed by atoms with Crippen molar-refractivity contribution in [3.8, 4) is 11.5 Å². The maximum Gasteiger partial charge on any atom is 0.244 e. The molecule has 1 amide bonds. The predicted octanol–water partition coefficient (Wildman–Crippen LogP) is 0.726. The SMILES string of the molecule is COc1ccc(S(=O)(=O)NCC(=O)N2CCN(c3ccccn3)CC2)c(OC)c1. The number of piperazine rings is 1. The van der Waals surface area contributed by atoms with Crippen LogP contribution in [0.5, 0.6) is 11.5 Å². The van der Waals surface area contributed by atoms with Crippen LogP contribution in [0.3, 0.4) is 0 Å². The summed E-state index contributed by atoms with van der Waals surface area (Å²) in [4.78, 5) is 20.5. The number of nitrogens with zero attached hydrogens (tertiary/aromatic N) is 3. The molecule has 29 heavy (non-hydrogen) atoms. The minimum atomic E-state index is -3.91. The molecule has 0 atom stereocenters. The van der Waals surface area contributed by atoms with Crippen LogP contribution in [0.15, 0.2) is 47.5 Å². The third-order valence-electron chi connectivity index (χ3n) is 4.68. The van der Waals surface area contributed by atoms with E-state index in [0.29, 0.717) is 31.9 Å². The number of anilines is 1. The molecule has 10 heteroatoms. The highest BCUT2D eigenvalue weighted by Gasteiger charge is 2.25. The minimum absolute atomic E-state index is 0.0476. The molecule has 1 aromatic carbocycles. The van der Waals surface area contributed by atoms with Gasteiger partial charge in [0, 0.05) is 38.4 Å². The van der Waals surface area contributed by atoms with E-state index in [1.54, 1.807) is 11.1 Å². The molecular formula is C19H24N4O5S. The van der Waals surface area contributed by atoms with Crippen LogP contribution in [0.1, 0.15) is 0 Å². The standard InChI is InChI=1S/C19H24N4O5S/c1-27-15-6-7-17(16(13-15)28-2)29(25,26)21-14-19(24)23-11-9-22(10-12-23)18-5-3-4-8-20-18/h3-8,13,21H,9-12,14H2,1-2H3. The number of hydrogen-bond acceptors (Lipinski definition) is 7. The van der Waals surface area contributed by atoms with Gasteiger partial charge in [0.2, 0.25) is 15.9 Å². The fraction of sp³-hybridized carbons (Fsp3) is 0.368. The van der Waals surface area contributed by atoms with Gasteiger partial charge in [-0.05, 0) is 24.3 Å². The number of carbonyl (C=O) groups is 1. The maximum atomic E-state index is 12.6. The topological polar surface area (TPSA) is 101 Å². The largest absolute Gasteiger partial charge is 0.497 e. The van der Waals surface area contributed by atoms with E-state index in [0.717, 1.165) is 5.82 Å². The van der Waals surface area contributed by atoms with Crippen LogP contribution < -0.4 is 19.1 Å². The Morgan fingerprint density at radius 3 is 2.48 bits per heavy atom.